The van der Waals surface area contributed by atoms with Gasteiger partial charge in [0, 0.05) is 21.1 Å². The van der Waals surface area contributed by atoms with Crippen LogP contribution in [0, 0.1) is 0 Å². The Bertz CT molecular complexity index is 15.6. The summed E-state index contributed by atoms with van der Waals surface area (Å²) < 4.78 is 0. The fraction of sp³-hybridized carbons (Fsp3) is 1.00. The summed E-state index contributed by atoms with van der Waals surface area (Å²) in [7, 11) is 3.43. The third-order valence-corrected chi connectivity index (χ3v) is 0.354. The van der Waals surface area contributed by atoms with Crippen molar-refractivity contribution in [2.45, 2.75) is 29.2 Å². The minimum atomic E-state index is 0. The average molecular weight is 338 g/mol. The summed E-state index contributed by atoms with van der Waals surface area (Å²) in [5.74, 6) is 0. The molecule has 0 saturated carbocycles. The van der Waals surface area contributed by atoms with E-state index in [1.165, 1.54) is 7.05 Å². The summed E-state index contributed by atoms with van der Waals surface area (Å²) in [6.45, 7) is 3.14. The fourth-order valence-corrected chi connectivity index (χ4v) is 0. The van der Waals surface area contributed by atoms with Crippen LogP contribution in [-0.4, -0.2) is 20.6 Å². The third kappa shape index (κ3) is 315. The van der Waals surface area contributed by atoms with Gasteiger partial charge in [0.25, 0.3) is 0 Å². The van der Waals surface area contributed by atoms with Crippen LogP contribution in [0.4, 0.5) is 0 Å². The zero-order valence-electron chi connectivity index (χ0n) is 5.77. The maximum absolute atomic E-state index is 4.50. The quantitative estimate of drug-likeness (QED) is 0.771. The van der Waals surface area contributed by atoms with Gasteiger partial charge < -0.3 is 17.2 Å². The molecule has 0 saturated heterocycles. The molecule has 0 rings (SSSR count). The second kappa shape index (κ2) is 147. The van der Waals surface area contributed by atoms with Crippen LogP contribution >= 0.6 is 0 Å². The van der Waals surface area contributed by atoms with Crippen molar-refractivity contribution in [3.63, 3.8) is 0 Å². The first-order valence-electron chi connectivity index (χ1n) is 2.14. The molecular weight excluding hydrogens is 310 g/mol. The molecule has 0 spiro atoms. The largest absolute Gasteiger partial charge is 0.693 e. The van der Waals surface area contributed by atoms with Gasteiger partial charge in [0.15, 0.2) is 0 Å². The summed E-state index contributed by atoms with van der Waals surface area (Å²) >= 11 is 0. The molecule has 3 nitrogen and oxygen atoms in total. The maximum Gasteiger partial charge on any atom is 0 e. The van der Waals surface area contributed by atoms with Crippen LogP contribution in [-0.2, 0) is 21.1 Å². The van der Waals surface area contributed by atoms with E-state index in [9.17, 15) is 0 Å². The number of rotatable bonds is 1. The van der Waals surface area contributed by atoms with Gasteiger partial charge in [-0.2, -0.15) is 0 Å². The zero-order chi connectivity index (χ0) is 5.41. The predicted molar refractivity (Wildman–Crippen MR) is 55.2 cm³/mol. The molecule has 4 heteroatoms. The Morgan fingerprint density at radius 2 is 1.18 bits per heavy atom. The van der Waals surface area contributed by atoms with Crippen molar-refractivity contribution in [2.24, 2.45) is 5.73 Å². The molecule has 78 valence electrons. The monoisotopic (exact) mass is 338 g/mol. The average Bonchev–Trinajstić information content (AvgIpc) is 1.72. The van der Waals surface area contributed by atoms with Gasteiger partial charge in [-0.05, 0) is 20.6 Å². The van der Waals surface area contributed by atoms with E-state index in [0.717, 1.165) is 6.54 Å². The van der Waals surface area contributed by atoms with Gasteiger partial charge in [0.1, 0.15) is 0 Å². The molecule has 0 atom stereocenters. The van der Waals surface area contributed by atoms with E-state index in [1.807, 2.05) is 7.05 Å². The van der Waals surface area contributed by atoms with E-state index in [1.54, 1.807) is 0 Å². The van der Waals surface area contributed by atoms with Gasteiger partial charge in [-0.15, -0.1) is 0 Å². The molecule has 0 radical (unpaired) electrons. The molecule has 0 heterocycles. The van der Waals surface area contributed by atoms with Crippen LogP contribution in [0.5, 0.6) is 0 Å². The summed E-state index contributed by atoms with van der Waals surface area (Å²) in [5, 5.41) is 2.93. The molecular formula is C7H28N3W-. The number of nitrogens with two attached hydrogens (primary N) is 2. The predicted octanol–water partition coefficient (Wildman–Crippen LogP) is 2.42. The molecule has 0 unspecified atom stereocenters. The van der Waals surface area contributed by atoms with E-state index in [4.69, 9.17) is 0 Å². The van der Waals surface area contributed by atoms with E-state index >= 15 is 0 Å². The van der Waals surface area contributed by atoms with Gasteiger partial charge in [0.2, 0.25) is 0 Å². The Morgan fingerprint density at radius 3 is 1.18 bits per heavy atom. The van der Waals surface area contributed by atoms with Gasteiger partial charge in [-0.25, -0.2) is 0 Å². The minimum absolute atomic E-state index is 0. The van der Waals surface area contributed by atoms with E-state index in [0.29, 0.717) is 0 Å². The van der Waals surface area contributed by atoms with Gasteiger partial charge in [-0.1, -0.05) is 29.2 Å². The molecule has 0 aliphatic carbocycles. The van der Waals surface area contributed by atoms with Crippen LogP contribution in [0.2, 0.25) is 0 Å². The van der Waals surface area contributed by atoms with E-state index in [2.05, 4.69) is 18.0 Å². The van der Waals surface area contributed by atoms with Crippen molar-refractivity contribution in [1.29, 1.82) is 0 Å². The molecule has 0 aromatic rings. The second-order valence-corrected chi connectivity index (χ2v) is 0.707. The second-order valence-electron chi connectivity index (χ2n) is 0.707. The SMILES string of the molecule is C.C.C.CCNC.CN.[NH2-].[W]. The normalized spacial score (nSPS) is 3.27. The molecule has 5 N–H and O–H groups in total. The standard InChI is InChI=1S/C3H9N.CH5N.3CH4.H2N.W/c1-3-4-2;1-2;;;;;/h4H,3H2,1-2H3;2H2,1H3;3*1H4;1H2;/q;;;;;-1;. The van der Waals surface area contributed by atoms with Gasteiger partial charge >= 0.3 is 0 Å². The Hall–Kier alpha value is 0.568. The first-order chi connectivity index (χ1) is 2.91. The van der Waals surface area contributed by atoms with Crippen molar-refractivity contribution in [2.75, 3.05) is 20.6 Å². The van der Waals surface area contributed by atoms with Crippen LogP contribution in [0.15, 0.2) is 0 Å². The Balaban J connectivity index is -0.00000000432. The number of hydrogen-bond acceptors (Lipinski definition) is 2. The third-order valence-electron chi connectivity index (χ3n) is 0.354. The van der Waals surface area contributed by atoms with Crippen LogP contribution in [0.3, 0.4) is 0 Å². The van der Waals surface area contributed by atoms with E-state index < -0.39 is 0 Å². The molecule has 0 bridgehead atoms. The van der Waals surface area contributed by atoms with Crippen LogP contribution in [0.1, 0.15) is 29.2 Å². The number of hydrogen-bond donors (Lipinski definition) is 2. The molecule has 0 amide bonds. The van der Waals surface area contributed by atoms with Gasteiger partial charge in [-0.3, -0.25) is 0 Å². The summed E-state index contributed by atoms with van der Waals surface area (Å²) in [5.41, 5.74) is 4.50. The zero-order valence-corrected chi connectivity index (χ0v) is 8.70. The molecule has 11 heavy (non-hydrogen) atoms. The molecule has 0 aliphatic heterocycles. The maximum atomic E-state index is 4.50. The Morgan fingerprint density at radius 1 is 1.09 bits per heavy atom. The first-order valence-corrected chi connectivity index (χ1v) is 2.14. The van der Waals surface area contributed by atoms with Crippen LogP contribution < -0.4 is 11.1 Å². The van der Waals surface area contributed by atoms with Crippen molar-refractivity contribution < 1.29 is 21.1 Å². The molecule has 0 fully saturated rings. The summed E-state index contributed by atoms with van der Waals surface area (Å²) in [6.07, 6.45) is 0. The molecule has 0 aliphatic rings. The van der Waals surface area contributed by atoms with Crippen molar-refractivity contribution in [3.05, 3.63) is 6.15 Å². The molecule has 0 aromatic heterocycles. The topological polar surface area (TPSA) is 71.5 Å². The smallest absolute Gasteiger partial charge is 0 e. The first kappa shape index (κ1) is 61.9. The fourth-order valence-electron chi connectivity index (χ4n) is 0. The van der Waals surface area contributed by atoms with Crippen molar-refractivity contribution >= 4 is 0 Å². The summed E-state index contributed by atoms with van der Waals surface area (Å²) in [6, 6.07) is 0. The minimum Gasteiger partial charge on any atom is -0.693 e. The van der Waals surface area contributed by atoms with E-state index in [-0.39, 0.29) is 49.5 Å². The Kier molecular flexibility index (Phi) is 826. The van der Waals surface area contributed by atoms with Crippen molar-refractivity contribution in [3.8, 4) is 0 Å². The molecule has 0 aromatic carbocycles. The summed E-state index contributed by atoms with van der Waals surface area (Å²) in [4.78, 5) is 0. The Labute approximate surface area is 88.4 Å². The van der Waals surface area contributed by atoms with Gasteiger partial charge in [0.05, 0.1) is 0 Å². The number of nitrogens with one attached hydrogen (secondary N) is 1. The van der Waals surface area contributed by atoms with Crippen molar-refractivity contribution in [1.82, 2.24) is 5.32 Å². The van der Waals surface area contributed by atoms with Crippen LogP contribution in [0.25, 0.3) is 6.15 Å².